The zero-order chi connectivity index (χ0) is 14.8. The minimum absolute atomic E-state index is 0.119. The van der Waals surface area contributed by atoms with Crippen molar-refractivity contribution < 1.29 is 4.92 Å². The van der Waals surface area contributed by atoms with Crippen LogP contribution in [0.25, 0.3) is 0 Å². The maximum absolute atomic E-state index is 11.1. The highest BCUT2D eigenvalue weighted by atomic mass is 35.5. The summed E-state index contributed by atoms with van der Waals surface area (Å²) < 4.78 is 0. The van der Waals surface area contributed by atoms with Crippen molar-refractivity contribution in [3.8, 4) is 0 Å². The van der Waals surface area contributed by atoms with Crippen LogP contribution in [0.4, 0.5) is 5.69 Å². The van der Waals surface area contributed by atoms with Gasteiger partial charge in [0.1, 0.15) is 0 Å². The Hall–Kier alpha value is -1.43. The van der Waals surface area contributed by atoms with E-state index < -0.39 is 0 Å². The van der Waals surface area contributed by atoms with Gasteiger partial charge in [-0.1, -0.05) is 11.6 Å². The molecule has 0 saturated carbocycles. The van der Waals surface area contributed by atoms with E-state index in [4.69, 9.17) is 11.6 Å². The van der Waals surface area contributed by atoms with Crippen molar-refractivity contribution in [1.29, 1.82) is 0 Å². The predicted molar refractivity (Wildman–Crippen MR) is 84.9 cm³/mol. The van der Waals surface area contributed by atoms with Crippen LogP contribution in [-0.4, -0.2) is 4.92 Å². The molecule has 0 saturated heterocycles. The molecule has 0 aliphatic heterocycles. The number of hydrogen-bond donors (Lipinski definition) is 1. The van der Waals surface area contributed by atoms with Crippen molar-refractivity contribution in [3.05, 3.63) is 60.8 Å². The maximum Gasteiger partial charge on any atom is 0.273 e. The topological polar surface area (TPSA) is 55.2 Å². The maximum atomic E-state index is 11.1. The summed E-state index contributed by atoms with van der Waals surface area (Å²) in [6.07, 6.45) is 3.36. The number of rotatable bonds is 4. The third kappa shape index (κ3) is 3.10. The summed E-state index contributed by atoms with van der Waals surface area (Å²) in [7, 11) is 0. The molecule has 1 aromatic heterocycles. The Labute approximate surface area is 131 Å². The standard InChI is InChI=1S/C15H15ClN2O2S/c16-11-4-5-14(18(19)20)10(8-11)9-17-13-2-1-3-15-12(13)6-7-21-15/h4-8,13,17H,1-3,9H2. The average molecular weight is 323 g/mol. The molecule has 110 valence electrons. The monoisotopic (exact) mass is 322 g/mol. The summed E-state index contributed by atoms with van der Waals surface area (Å²) in [6.45, 7) is 0.455. The number of nitrogens with one attached hydrogen (secondary N) is 1. The van der Waals surface area contributed by atoms with Gasteiger partial charge in [0.05, 0.1) is 4.92 Å². The van der Waals surface area contributed by atoms with E-state index in [0.717, 1.165) is 19.3 Å². The SMILES string of the molecule is O=[N+]([O-])c1ccc(Cl)cc1CNC1CCCc2sccc21. The van der Waals surface area contributed by atoms with Gasteiger partial charge in [0.25, 0.3) is 5.69 Å². The molecule has 0 spiro atoms. The normalized spacial score (nSPS) is 17.5. The van der Waals surface area contributed by atoms with Gasteiger partial charge in [0, 0.05) is 34.1 Å². The lowest BCUT2D eigenvalue weighted by Gasteiger charge is -2.23. The van der Waals surface area contributed by atoms with E-state index in [0.29, 0.717) is 17.1 Å². The highest BCUT2D eigenvalue weighted by molar-refractivity contribution is 7.10. The van der Waals surface area contributed by atoms with Crippen LogP contribution in [0.2, 0.25) is 5.02 Å². The van der Waals surface area contributed by atoms with Gasteiger partial charge < -0.3 is 5.32 Å². The second-order valence-electron chi connectivity index (χ2n) is 5.15. The molecule has 1 unspecified atom stereocenters. The van der Waals surface area contributed by atoms with Crippen LogP contribution >= 0.6 is 22.9 Å². The van der Waals surface area contributed by atoms with Gasteiger partial charge in [0.15, 0.2) is 0 Å². The molecule has 0 fully saturated rings. The fourth-order valence-corrected chi connectivity index (χ4v) is 3.99. The smallest absolute Gasteiger partial charge is 0.273 e. The average Bonchev–Trinajstić information content (AvgIpc) is 2.93. The Balaban J connectivity index is 1.77. The molecule has 1 N–H and O–H groups in total. The number of benzene rings is 1. The second kappa shape index (κ2) is 6.13. The lowest BCUT2D eigenvalue weighted by Crippen LogP contribution is -2.24. The molecule has 6 heteroatoms. The molecule has 3 rings (SSSR count). The third-order valence-electron chi connectivity index (χ3n) is 3.83. The number of nitro benzene ring substituents is 1. The fraction of sp³-hybridized carbons (Fsp3) is 0.333. The largest absolute Gasteiger partial charge is 0.306 e. The number of fused-ring (bicyclic) bond motifs is 1. The van der Waals surface area contributed by atoms with Crippen molar-refractivity contribution in [3.63, 3.8) is 0 Å². The summed E-state index contributed by atoms with van der Waals surface area (Å²) in [5, 5.41) is 17.2. The van der Waals surface area contributed by atoms with Gasteiger partial charge in [-0.2, -0.15) is 0 Å². The highest BCUT2D eigenvalue weighted by Gasteiger charge is 2.22. The van der Waals surface area contributed by atoms with Crippen LogP contribution in [0.1, 0.15) is 34.9 Å². The lowest BCUT2D eigenvalue weighted by molar-refractivity contribution is -0.385. The Bertz CT molecular complexity index is 671. The molecule has 1 atom stereocenters. The molecule has 21 heavy (non-hydrogen) atoms. The first-order valence-corrected chi connectivity index (χ1v) is 8.13. The molecule has 1 aromatic carbocycles. The van der Waals surface area contributed by atoms with Crippen LogP contribution in [0.15, 0.2) is 29.6 Å². The van der Waals surface area contributed by atoms with Crippen LogP contribution in [0.3, 0.4) is 0 Å². The summed E-state index contributed by atoms with van der Waals surface area (Å²) in [4.78, 5) is 12.2. The Morgan fingerprint density at radius 2 is 2.29 bits per heavy atom. The fourth-order valence-electron chi connectivity index (χ4n) is 2.81. The molecule has 2 aromatic rings. The van der Waals surface area contributed by atoms with Crippen molar-refractivity contribution >= 4 is 28.6 Å². The molecule has 0 amide bonds. The first-order chi connectivity index (χ1) is 10.1. The Morgan fingerprint density at radius 1 is 1.43 bits per heavy atom. The number of thiophene rings is 1. The third-order valence-corrected chi connectivity index (χ3v) is 5.06. The van der Waals surface area contributed by atoms with Crippen molar-refractivity contribution in [2.24, 2.45) is 0 Å². The van der Waals surface area contributed by atoms with Crippen molar-refractivity contribution in [2.75, 3.05) is 0 Å². The van der Waals surface area contributed by atoms with Crippen LogP contribution in [0, 0.1) is 10.1 Å². The van der Waals surface area contributed by atoms with E-state index in [2.05, 4.69) is 16.8 Å². The van der Waals surface area contributed by atoms with E-state index >= 15 is 0 Å². The van der Waals surface area contributed by atoms with Crippen LogP contribution in [0.5, 0.6) is 0 Å². The minimum Gasteiger partial charge on any atom is -0.306 e. The molecule has 4 nitrogen and oxygen atoms in total. The second-order valence-corrected chi connectivity index (χ2v) is 6.59. The summed E-state index contributed by atoms with van der Waals surface area (Å²) in [6, 6.07) is 7.13. The number of halogens is 1. The van der Waals surface area contributed by atoms with Crippen molar-refractivity contribution in [1.82, 2.24) is 5.32 Å². The molecular formula is C15H15ClN2O2S. The van der Waals surface area contributed by atoms with Gasteiger partial charge >= 0.3 is 0 Å². The summed E-state index contributed by atoms with van der Waals surface area (Å²) >= 11 is 7.75. The van der Waals surface area contributed by atoms with Gasteiger partial charge in [-0.25, -0.2) is 0 Å². The molecule has 0 bridgehead atoms. The van der Waals surface area contributed by atoms with E-state index in [1.165, 1.54) is 16.5 Å². The zero-order valence-corrected chi connectivity index (χ0v) is 12.9. The van der Waals surface area contributed by atoms with Gasteiger partial charge in [-0.3, -0.25) is 10.1 Å². The number of aryl methyl sites for hydroxylation is 1. The predicted octanol–water partition coefficient (Wildman–Crippen LogP) is 4.48. The van der Waals surface area contributed by atoms with E-state index in [-0.39, 0.29) is 16.7 Å². The summed E-state index contributed by atoms with van der Waals surface area (Å²) in [5.74, 6) is 0. The zero-order valence-electron chi connectivity index (χ0n) is 11.3. The van der Waals surface area contributed by atoms with Gasteiger partial charge in [-0.15, -0.1) is 11.3 Å². The van der Waals surface area contributed by atoms with E-state index in [1.807, 2.05) is 0 Å². The van der Waals surface area contributed by atoms with Gasteiger partial charge in [0.2, 0.25) is 0 Å². The highest BCUT2D eigenvalue weighted by Crippen LogP contribution is 2.34. The molecular weight excluding hydrogens is 308 g/mol. The molecule has 1 heterocycles. The number of hydrogen-bond acceptors (Lipinski definition) is 4. The first kappa shape index (κ1) is 14.5. The molecule has 1 aliphatic rings. The van der Waals surface area contributed by atoms with E-state index in [9.17, 15) is 10.1 Å². The number of nitro groups is 1. The van der Waals surface area contributed by atoms with Gasteiger partial charge in [-0.05, 0) is 48.4 Å². The molecule has 1 aliphatic carbocycles. The van der Waals surface area contributed by atoms with Crippen LogP contribution in [-0.2, 0) is 13.0 Å². The number of nitrogens with zero attached hydrogens (tertiary/aromatic N) is 1. The summed E-state index contributed by atoms with van der Waals surface area (Å²) in [5.41, 5.74) is 2.10. The van der Waals surface area contributed by atoms with Crippen molar-refractivity contribution in [2.45, 2.75) is 31.8 Å². The van der Waals surface area contributed by atoms with E-state index in [1.54, 1.807) is 23.5 Å². The first-order valence-electron chi connectivity index (χ1n) is 6.87. The lowest BCUT2D eigenvalue weighted by atomic mass is 9.94. The molecule has 0 radical (unpaired) electrons. The Kier molecular flexibility index (Phi) is 4.24. The Morgan fingerprint density at radius 3 is 3.10 bits per heavy atom. The quantitative estimate of drug-likeness (QED) is 0.667. The van der Waals surface area contributed by atoms with Crippen LogP contribution < -0.4 is 5.32 Å². The minimum atomic E-state index is -0.357.